The molecule has 5 rings (SSSR count). The number of anilines is 1. The molecule has 3 heterocycles. The van der Waals surface area contributed by atoms with E-state index in [2.05, 4.69) is 20.3 Å². The highest BCUT2D eigenvalue weighted by Gasteiger charge is 2.47. The fourth-order valence-electron chi connectivity index (χ4n) is 5.51. The molecule has 0 amide bonds. The molecule has 0 radical (unpaired) electrons. The van der Waals surface area contributed by atoms with Gasteiger partial charge in [0.2, 0.25) is 0 Å². The van der Waals surface area contributed by atoms with Crippen LogP contribution in [-0.4, -0.2) is 80.2 Å². The first kappa shape index (κ1) is 31.3. The highest BCUT2D eigenvalue weighted by Crippen LogP contribution is 2.44. The van der Waals surface area contributed by atoms with Gasteiger partial charge in [0.25, 0.3) is 0 Å². The van der Waals surface area contributed by atoms with Gasteiger partial charge in [0.05, 0.1) is 42.1 Å². The van der Waals surface area contributed by atoms with E-state index in [1.54, 1.807) is 19.1 Å². The maximum Gasteiger partial charge on any atom is 0.416 e. The van der Waals surface area contributed by atoms with Crippen LogP contribution in [0.5, 0.6) is 0 Å². The number of rotatable bonds is 8. The van der Waals surface area contributed by atoms with E-state index in [9.17, 15) is 26.0 Å². The molecular weight excluding hydrogens is 594 g/mol. The Hall–Kier alpha value is -3.11. The third kappa shape index (κ3) is 7.01. The Labute approximate surface area is 246 Å². The van der Waals surface area contributed by atoms with E-state index in [-0.39, 0.29) is 12.2 Å². The van der Waals surface area contributed by atoms with Crippen LogP contribution < -0.4 is 4.90 Å². The smallest absolute Gasteiger partial charge is 0.379 e. The van der Waals surface area contributed by atoms with Crippen molar-refractivity contribution in [2.24, 2.45) is 0 Å². The van der Waals surface area contributed by atoms with Crippen LogP contribution in [0.25, 0.3) is 0 Å². The number of nitrogens with one attached hydrogen (secondary N) is 1. The van der Waals surface area contributed by atoms with Crippen molar-refractivity contribution in [1.29, 1.82) is 0 Å². The minimum atomic E-state index is -4.78. The molecule has 10 nitrogen and oxygen atoms in total. The Kier molecular flexibility index (Phi) is 8.82. The van der Waals surface area contributed by atoms with Crippen molar-refractivity contribution in [3.63, 3.8) is 0 Å². The van der Waals surface area contributed by atoms with Crippen LogP contribution in [0.15, 0.2) is 47.4 Å². The van der Waals surface area contributed by atoms with Crippen molar-refractivity contribution in [2.75, 3.05) is 50.6 Å². The molecule has 1 N–H and O–H groups in total. The molecular formula is C28H33F4N5O5S. The number of aromatic nitrogens is 3. The highest BCUT2D eigenvalue weighted by molar-refractivity contribution is 7.90. The summed E-state index contributed by atoms with van der Waals surface area (Å²) >= 11 is 0. The molecule has 2 aromatic carbocycles. The number of hydrogen-bond acceptors (Lipinski definition) is 9. The summed E-state index contributed by atoms with van der Waals surface area (Å²) in [7, 11) is -3.96. The molecule has 2 aliphatic heterocycles. The first-order valence-electron chi connectivity index (χ1n) is 13.7. The first-order chi connectivity index (χ1) is 20.2. The quantitative estimate of drug-likeness (QED) is 0.366. The Morgan fingerprint density at radius 1 is 1.12 bits per heavy atom. The number of morpholine rings is 2. The molecule has 15 heteroatoms. The van der Waals surface area contributed by atoms with Crippen LogP contribution in [0.2, 0.25) is 0 Å². The molecule has 3 aromatic rings. The Bertz CT molecular complexity index is 1530. The number of hydrogen-bond donors (Lipinski definition) is 1. The third-order valence-electron chi connectivity index (χ3n) is 7.64. The average molecular weight is 628 g/mol. The van der Waals surface area contributed by atoms with E-state index in [1.165, 1.54) is 25.1 Å². The van der Waals surface area contributed by atoms with Crippen LogP contribution >= 0.6 is 0 Å². The lowest BCUT2D eigenvalue weighted by Crippen LogP contribution is -2.55. The molecule has 234 valence electrons. The van der Waals surface area contributed by atoms with Gasteiger partial charge in [0, 0.05) is 32.4 Å². The molecule has 0 spiro atoms. The monoisotopic (exact) mass is 627 g/mol. The summed E-state index contributed by atoms with van der Waals surface area (Å²) in [4.78, 5) is 3.64. The summed E-state index contributed by atoms with van der Waals surface area (Å²) in [5, 5.41) is 11.4. The van der Waals surface area contributed by atoms with E-state index in [1.807, 2.05) is 4.90 Å². The zero-order valence-corrected chi connectivity index (χ0v) is 24.7. The van der Waals surface area contributed by atoms with E-state index >= 15 is 0 Å². The first-order valence-corrected chi connectivity index (χ1v) is 15.6. The number of aromatic amines is 1. The second kappa shape index (κ2) is 12.1. The zero-order chi connectivity index (χ0) is 31.0. The Balaban J connectivity index is 1.52. The number of halogens is 4. The summed E-state index contributed by atoms with van der Waals surface area (Å²) in [6.07, 6.45) is -4.98. The van der Waals surface area contributed by atoms with Gasteiger partial charge in [-0.25, -0.2) is 12.8 Å². The minimum absolute atomic E-state index is 0.00416. The fraction of sp³-hybridized carbons (Fsp3) is 0.500. The summed E-state index contributed by atoms with van der Waals surface area (Å²) < 4.78 is 97.8. The van der Waals surface area contributed by atoms with Gasteiger partial charge >= 0.3 is 6.18 Å². The molecule has 2 saturated heterocycles. The highest BCUT2D eigenvalue weighted by atomic mass is 32.2. The van der Waals surface area contributed by atoms with E-state index in [0.29, 0.717) is 43.8 Å². The molecule has 3 atom stereocenters. The van der Waals surface area contributed by atoms with Gasteiger partial charge in [-0.05, 0) is 55.3 Å². The lowest BCUT2D eigenvalue weighted by atomic mass is 9.95. The standard InChI is InChI=1S/C28H33F4N5O5S/c1-18(20-14-21(28(30,31)32)16-23(15-20)43(3,38)39)42-27(2)25(19-4-6-22(29)7-5-19)37(10-13-41-27)26-24(33-35-34-26)17-36-8-11-40-12-9-36/h4-7,14-16,18,25H,8-13,17H2,1-3H3,(H,33,34,35)/t18-,25+,27-/m1/s1. The second-order valence-corrected chi connectivity index (χ2v) is 12.9. The normalized spacial score (nSPS) is 23.0. The van der Waals surface area contributed by atoms with Crippen molar-refractivity contribution >= 4 is 15.7 Å². The maximum atomic E-state index is 14.0. The van der Waals surface area contributed by atoms with E-state index < -0.39 is 50.2 Å². The number of ether oxygens (including phenoxy) is 3. The lowest BCUT2D eigenvalue weighted by Gasteiger charge is -2.49. The zero-order valence-electron chi connectivity index (χ0n) is 23.9. The molecule has 43 heavy (non-hydrogen) atoms. The van der Waals surface area contributed by atoms with Crippen LogP contribution in [0, 0.1) is 5.82 Å². The lowest BCUT2D eigenvalue weighted by molar-refractivity contribution is -0.271. The minimum Gasteiger partial charge on any atom is -0.379 e. The van der Waals surface area contributed by atoms with Gasteiger partial charge in [-0.3, -0.25) is 10.00 Å². The predicted molar refractivity (Wildman–Crippen MR) is 147 cm³/mol. The third-order valence-corrected chi connectivity index (χ3v) is 8.73. The summed E-state index contributed by atoms with van der Waals surface area (Å²) in [6, 6.07) is 7.68. The van der Waals surface area contributed by atoms with Crippen molar-refractivity contribution in [2.45, 2.75) is 49.4 Å². The number of benzene rings is 2. The Morgan fingerprint density at radius 2 is 1.81 bits per heavy atom. The predicted octanol–water partition coefficient (Wildman–Crippen LogP) is 4.27. The molecule has 0 aliphatic carbocycles. The number of nitrogens with zero attached hydrogens (tertiary/aromatic N) is 4. The number of sulfone groups is 1. The van der Waals surface area contributed by atoms with Gasteiger partial charge in [-0.1, -0.05) is 17.3 Å². The average Bonchev–Trinajstić information content (AvgIpc) is 3.40. The summed E-state index contributed by atoms with van der Waals surface area (Å²) in [5.41, 5.74) is 0.242. The molecule has 1 aromatic heterocycles. The van der Waals surface area contributed by atoms with Crippen LogP contribution in [-0.2, 0) is 36.8 Å². The van der Waals surface area contributed by atoms with Gasteiger partial charge in [0.15, 0.2) is 21.4 Å². The second-order valence-electron chi connectivity index (χ2n) is 10.8. The fourth-order valence-corrected chi connectivity index (χ4v) is 6.20. The number of alkyl halides is 3. The number of H-pyrrole nitrogens is 1. The Morgan fingerprint density at radius 3 is 2.47 bits per heavy atom. The molecule has 2 aliphatic rings. The van der Waals surface area contributed by atoms with Crippen molar-refractivity contribution in [3.05, 3.63) is 70.7 Å². The van der Waals surface area contributed by atoms with Gasteiger partial charge < -0.3 is 19.1 Å². The van der Waals surface area contributed by atoms with E-state index in [4.69, 9.17) is 14.2 Å². The summed E-state index contributed by atoms with van der Waals surface area (Å²) in [5.74, 6) is -1.41. The van der Waals surface area contributed by atoms with Crippen LogP contribution in [0.4, 0.5) is 23.4 Å². The largest absolute Gasteiger partial charge is 0.416 e. The van der Waals surface area contributed by atoms with Crippen LogP contribution in [0.1, 0.15) is 48.4 Å². The van der Waals surface area contributed by atoms with Crippen molar-refractivity contribution in [1.82, 2.24) is 20.3 Å². The molecule has 2 fully saturated rings. The van der Waals surface area contributed by atoms with Crippen molar-refractivity contribution in [3.8, 4) is 0 Å². The van der Waals surface area contributed by atoms with Crippen molar-refractivity contribution < 1.29 is 40.2 Å². The van der Waals surface area contributed by atoms with Gasteiger partial charge in [-0.15, -0.1) is 5.10 Å². The van der Waals surface area contributed by atoms with Crippen LogP contribution in [0.3, 0.4) is 0 Å². The van der Waals surface area contributed by atoms with Gasteiger partial charge in [0.1, 0.15) is 11.9 Å². The SMILES string of the molecule is C[C@@H](O[C@@]1(C)OCCN(c2nn[nH]c2CN2CCOCC2)[C@H]1c1ccc(F)cc1)c1cc(C(F)(F)F)cc(S(C)(=O)=O)c1. The maximum absolute atomic E-state index is 14.0. The molecule has 0 bridgehead atoms. The van der Waals surface area contributed by atoms with Gasteiger partial charge in [-0.2, -0.15) is 13.2 Å². The summed E-state index contributed by atoms with van der Waals surface area (Å²) in [6.45, 7) is 6.89. The molecule has 0 saturated carbocycles. The molecule has 0 unspecified atom stereocenters. The van der Waals surface area contributed by atoms with E-state index in [0.717, 1.165) is 31.1 Å². The topological polar surface area (TPSA) is 110 Å².